The molecule has 1 saturated heterocycles. The molecular formula is C27H30N6O2. The van der Waals surface area contributed by atoms with Crippen molar-refractivity contribution in [2.24, 2.45) is 0 Å². The van der Waals surface area contributed by atoms with E-state index in [1.165, 1.54) is 0 Å². The first-order valence-corrected chi connectivity index (χ1v) is 12.2. The van der Waals surface area contributed by atoms with Crippen molar-refractivity contribution in [3.05, 3.63) is 53.9 Å². The molecule has 0 spiro atoms. The van der Waals surface area contributed by atoms with Gasteiger partial charge in [-0.25, -0.2) is 4.98 Å². The number of fused-ring (bicyclic) bond motifs is 1. The van der Waals surface area contributed by atoms with Crippen LogP contribution in [0.15, 0.2) is 42.6 Å². The van der Waals surface area contributed by atoms with Gasteiger partial charge in [0.15, 0.2) is 0 Å². The Balaban J connectivity index is 1.40. The van der Waals surface area contributed by atoms with Gasteiger partial charge in [-0.1, -0.05) is 18.2 Å². The van der Waals surface area contributed by atoms with Crippen molar-refractivity contribution in [2.45, 2.75) is 38.1 Å². The minimum atomic E-state index is 0.0345. The Labute approximate surface area is 205 Å². The fourth-order valence-electron chi connectivity index (χ4n) is 4.76. The van der Waals surface area contributed by atoms with Crippen molar-refractivity contribution in [3.8, 4) is 6.07 Å². The molecule has 1 atom stereocenters. The molecule has 8 nitrogen and oxygen atoms in total. The number of benzene rings is 1. The van der Waals surface area contributed by atoms with Gasteiger partial charge in [-0.15, -0.1) is 0 Å². The van der Waals surface area contributed by atoms with E-state index >= 15 is 0 Å². The van der Waals surface area contributed by atoms with Gasteiger partial charge in [-0.05, 0) is 38.0 Å². The molecule has 2 aromatic heterocycles. The van der Waals surface area contributed by atoms with E-state index in [1.54, 1.807) is 7.11 Å². The highest BCUT2D eigenvalue weighted by molar-refractivity contribution is 5.83. The van der Waals surface area contributed by atoms with Crippen molar-refractivity contribution < 1.29 is 9.53 Å². The van der Waals surface area contributed by atoms with E-state index in [-0.39, 0.29) is 11.9 Å². The van der Waals surface area contributed by atoms with Crippen molar-refractivity contribution >= 4 is 34.0 Å². The second kappa shape index (κ2) is 9.88. The van der Waals surface area contributed by atoms with Crippen LogP contribution in [0.25, 0.3) is 10.9 Å². The Morgan fingerprint density at radius 3 is 2.83 bits per heavy atom. The fourth-order valence-corrected chi connectivity index (χ4v) is 4.76. The van der Waals surface area contributed by atoms with Gasteiger partial charge in [-0.2, -0.15) is 5.26 Å². The maximum absolute atomic E-state index is 12.5. The number of hydrogen-bond acceptors (Lipinski definition) is 7. The Hall–Kier alpha value is -3.70. The largest absolute Gasteiger partial charge is 0.384 e. The summed E-state index contributed by atoms with van der Waals surface area (Å²) >= 11 is 0. The van der Waals surface area contributed by atoms with Crippen LogP contribution in [0.5, 0.6) is 0 Å². The summed E-state index contributed by atoms with van der Waals surface area (Å²) in [7, 11) is 1.61. The molecule has 3 aromatic rings. The molecule has 1 saturated carbocycles. The third-order valence-electron chi connectivity index (χ3n) is 6.75. The van der Waals surface area contributed by atoms with Crippen LogP contribution in [0.1, 0.15) is 43.4 Å². The summed E-state index contributed by atoms with van der Waals surface area (Å²) in [6.45, 7) is 4.38. The van der Waals surface area contributed by atoms with Crippen LogP contribution >= 0.6 is 0 Å². The number of methoxy groups -OCH3 is 1. The van der Waals surface area contributed by atoms with Crippen LogP contribution < -0.4 is 10.2 Å². The molecule has 1 aliphatic carbocycles. The molecule has 5 rings (SSSR count). The summed E-state index contributed by atoms with van der Waals surface area (Å²) < 4.78 is 5.06. The van der Waals surface area contributed by atoms with E-state index in [1.807, 2.05) is 48.4 Å². The summed E-state index contributed by atoms with van der Waals surface area (Å²) in [6, 6.07) is 14.4. The number of nitrogens with zero attached hydrogens (tertiary/aromatic N) is 5. The van der Waals surface area contributed by atoms with Gasteiger partial charge in [0.2, 0.25) is 5.91 Å². The summed E-state index contributed by atoms with van der Waals surface area (Å²) in [5, 5.41) is 14.5. The Morgan fingerprint density at radius 2 is 2.09 bits per heavy atom. The molecule has 0 radical (unpaired) electrons. The summed E-state index contributed by atoms with van der Waals surface area (Å²) in [5.41, 5.74) is 4.23. The van der Waals surface area contributed by atoms with Crippen LogP contribution in [-0.4, -0.2) is 60.2 Å². The number of nitriles is 1. The monoisotopic (exact) mass is 470 g/mol. The third-order valence-corrected chi connectivity index (χ3v) is 6.75. The van der Waals surface area contributed by atoms with Crippen LogP contribution in [-0.2, 0) is 9.53 Å². The van der Waals surface area contributed by atoms with Gasteiger partial charge in [0, 0.05) is 44.1 Å². The molecule has 2 aliphatic rings. The summed E-state index contributed by atoms with van der Waals surface area (Å²) in [4.78, 5) is 26.2. The number of carbonyl (C=O) groups excluding carboxylic acids is 1. The number of amides is 1. The normalized spacial score (nSPS) is 17.9. The van der Waals surface area contributed by atoms with E-state index < -0.39 is 0 Å². The molecule has 1 aromatic carbocycles. The van der Waals surface area contributed by atoms with Crippen LogP contribution in [0.2, 0.25) is 0 Å². The van der Waals surface area contributed by atoms with Gasteiger partial charge < -0.3 is 19.9 Å². The van der Waals surface area contributed by atoms with Gasteiger partial charge >= 0.3 is 0 Å². The number of aromatic nitrogens is 2. The molecule has 0 bridgehead atoms. The third kappa shape index (κ3) is 4.91. The number of ether oxygens (including phenoxy) is 1. The highest BCUT2D eigenvalue weighted by Gasteiger charge is 2.33. The van der Waals surface area contributed by atoms with E-state index in [2.05, 4.69) is 27.3 Å². The molecule has 0 unspecified atom stereocenters. The number of pyridine rings is 2. The van der Waals surface area contributed by atoms with E-state index in [0.717, 1.165) is 40.8 Å². The number of anilines is 3. The van der Waals surface area contributed by atoms with Crippen molar-refractivity contribution in [3.63, 3.8) is 0 Å². The summed E-state index contributed by atoms with van der Waals surface area (Å²) in [5.74, 6) is 1.22. The van der Waals surface area contributed by atoms with Gasteiger partial charge in [-0.3, -0.25) is 9.78 Å². The Bertz CT molecular complexity index is 1280. The maximum atomic E-state index is 12.5. The standard InChI is InChI=1S/C27H30N6O2/c1-18-17-32(10-11-33(18)25(34)9-12-35-2)27-21(15-28)14-24(26(31-27)19-7-8-19)30-22-13-20-5-3-4-6-23(20)29-16-22/h3-6,13-14,16,18-19,30H,7-12,17H2,1-2H3/t18-/m1/s1. The number of piperazine rings is 1. The van der Waals surface area contributed by atoms with Gasteiger partial charge in [0.05, 0.1) is 47.4 Å². The summed E-state index contributed by atoms with van der Waals surface area (Å²) in [6.07, 6.45) is 4.40. The predicted octanol–water partition coefficient (Wildman–Crippen LogP) is 4.20. The average Bonchev–Trinajstić information content (AvgIpc) is 3.72. The second-order valence-electron chi connectivity index (χ2n) is 9.35. The van der Waals surface area contributed by atoms with Gasteiger partial charge in [0.25, 0.3) is 0 Å². The molecule has 35 heavy (non-hydrogen) atoms. The lowest BCUT2D eigenvalue weighted by Crippen LogP contribution is -2.54. The second-order valence-corrected chi connectivity index (χ2v) is 9.35. The lowest BCUT2D eigenvalue weighted by Gasteiger charge is -2.41. The average molecular weight is 471 g/mol. The maximum Gasteiger partial charge on any atom is 0.225 e. The fraction of sp³-hybridized carbons (Fsp3) is 0.407. The molecule has 1 N–H and O–H groups in total. The minimum absolute atomic E-state index is 0.0345. The molecule has 3 heterocycles. The smallest absolute Gasteiger partial charge is 0.225 e. The number of nitrogens with one attached hydrogen (secondary N) is 1. The molecule has 8 heteroatoms. The van der Waals surface area contributed by atoms with E-state index in [9.17, 15) is 10.1 Å². The number of rotatable bonds is 7. The lowest BCUT2D eigenvalue weighted by atomic mass is 10.1. The zero-order chi connectivity index (χ0) is 24.4. The lowest BCUT2D eigenvalue weighted by molar-refractivity contribution is -0.134. The Kier molecular flexibility index (Phi) is 6.51. The quantitative estimate of drug-likeness (QED) is 0.553. The first-order chi connectivity index (χ1) is 17.1. The molecule has 180 valence electrons. The zero-order valence-corrected chi connectivity index (χ0v) is 20.2. The SMILES string of the molecule is COCCC(=O)N1CCN(c2nc(C3CC3)c(Nc3cnc4ccccc4c3)cc2C#N)C[C@H]1C. The molecular weight excluding hydrogens is 440 g/mol. The van der Waals surface area contributed by atoms with E-state index in [4.69, 9.17) is 9.72 Å². The predicted molar refractivity (Wildman–Crippen MR) is 136 cm³/mol. The highest BCUT2D eigenvalue weighted by atomic mass is 16.5. The molecule has 2 fully saturated rings. The topological polar surface area (TPSA) is 94.4 Å². The zero-order valence-electron chi connectivity index (χ0n) is 20.2. The first kappa shape index (κ1) is 23.1. The van der Waals surface area contributed by atoms with Crippen LogP contribution in [0.4, 0.5) is 17.2 Å². The molecule has 1 amide bonds. The highest BCUT2D eigenvalue weighted by Crippen LogP contribution is 2.44. The van der Waals surface area contributed by atoms with Crippen LogP contribution in [0.3, 0.4) is 0 Å². The van der Waals surface area contributed by atoms with Crippen LogP contribution in [0, 0.1) is 11.3 Å². The number of carbonyl (C=O) groups is 1. The molecule has 1 aliphatic heterocycles. The van der Waals surface area contributed by atoms with Crippen molar-refractivity contribution in [1.82, 2.24) is 14.9 Å². The Morgan fingerprint density at radius 1 is 1.26 bits per heavy atom. The number of hydrogen-bond donors (Lipinski definition) is 1. The minimum Gasteiger partial charge on any atom is -0.384 e. The van der Waals surface area contributed by atoms with Crippen molar-refractivity contribution in [1.29, 1.82) is 5.26 Å². The van der Waals surface area contributed by atoms with Gasteiger partial charge in [0.1, 0.15) is 11.9 Å². The van der Waals surface area contributed by atoms with E-state index in [0.29, 0.717) is 50.0 Å². The first-order valence-electron chi connectivity index (χ1n) is 12.2. The van der Waals surface area contributed by atoms with Crippen molar-refractivity contribution in [2.75, 3.05) is 43.6 Å². The number of para-hydroxylation sites is 1.